The zero-order valence-corrected chi connectivity index (χ0v) is 12.2. The first-order valence-corrected chi connectivity index (χ1v) is 7.50. The summed E-state index contributed by atoms with van der Waals surface area (Å²) in [5, 5.41) is 9.04. The summed E-state index contributed by atoms with van der Waals surface area (Å²) in [7, 11) is 0. The summed E-state index contributed by atoms with van der Waals surface area (Å²) in [5.41, 5.74) is 2.30. The molecule has 5 nitrogen and oxygen atoms in total. The molecule has 21 heavy (non-hydrogen) atoms. The zero-order chi connectivity index (χ0) is 15.0. The van der Waals surface area contributed by atoms with E-state index in [2.05, 4.69) is 6.92 Å². The van der Waals surface area contributed by atoms with E-state index in [1.807, 2.05) is 15.9 Å². The summed E-state index contributed by atoms with van der Waals surface area (Å²) in [6.07, 6.45) is 3.18. The summed E-state index contributed by atoms with van der Waals surface area (Å²) in [5.74, 6) is -0.923. The summed E-state index contributed by atoms with van der Waals surface area (Å²) >= 11 is 0. The Balaban J connectivity index is 1.74. The van der Waals surface area contributed by atoms with Crippen molar-refractivity contribution in [1.29, 1.82) is 0 Å². The summed E-state index contributed by atoms with van der Waals surface area (Å²) in [6, 6.07) is 5.63. The Labute approximate surface area is 124 Å². The Morgan fingerprint density at radius 3 is 2.62 bits per heavy atom. The molecule has 1 aromatic carbocycles. The van der Waals surface area contributed by atoms with Gasteiger partial charge in [0, 0.05) is 25.7 Å². The van der Waals surface area contributed by atoms with Crippen molar-refractivity contribution in [2.24, 2.45) is 0 Å². The van der Waals surface area contributed by atoms with E-state index in [4.69, 9.17) is 5.11 Å². The number of benzene rings is 1. The van der Waals surface area contributed by atoms with E-state index in [1.54, 1.807) is 12.1 Å². The molecule has 0 unspecified atom stereocenters. The number of carboxylic acids is 1. The number of fused-ring (bicyclic) bond motifs is 1. The van der Waals surface area contributed by atoms with Gasteiger partial charge < -0.3 is 14.9 Å². The first-order valence-electron chi connectivity index (χ1n) is 7.50. The predicted octanol–water partition coefficient (Wildman–Crippen LogP) is 2.69. The zero-order valence-electron chi connectivity index (χ0n) is 12.2. The van der Waals surface area contributed by atoms with Crippen LogP contribution in [-0.2, 0) is 13.1 Å². The second-order valence-corrected chi connectivity index (χ2v) is 5.85. The average Bonchev–Trinajstić information content (AvgIpc) is 3.21. The number of hydrogen-bond acceptors (Lipinski definition) is 2. The summed E-state index contributed by atoms with van der Waals surface area (Å²) in [6.45, 7) is 3.99. The van der Waals surface area contributed by atoms with Crippen LogP contribution in [0.1, 0.15) is 47.7 Å². The lowest BCUT2D eigenvalue weighted by atomic mass is 10.1. The molecule has 2 aliphatic rings. The van der Waals surface area contributed by atoms with Gasteiger partial charge in [-0.15, -0.1) is 0 Å². The molecule has 1 aliphatic carbocycles. The van der Waals surface area contributed by atoms with Gasteiger partial charge in [0.1, 0.15) is 0 Å². The third kappa shape index (κ3) is 2.73. The Morgan fingerprint density at radius 1 is 1.29 bits per heavy atom. The quantitative estimate of drug-likeness (QED) is 0.926. The number of carboxylic acid groups (broad SMARTS) is 1. The van der Waals surface area contributed by atoms with Crippen LogP contribution in [0.25, 0.3) is 0 Å². The van der Waals surface area contributed by atoms with Crippen LogP contribution < -0.4 is 0 Å². The van der Waals surface area contributed by atoms with Gasteiger partial charge in [0.25, 0.3) is 0 Å². The molecule has 0 saturated heterocycles. The van der Waals surface area contributed by atoms with E-state index in [0.29, 0.717) is 19.1 Å². The molecular weight excluding hydrogens is 268 g/mol. The van der Waals surface area contributed by atoms with Gasteiger partial charge >= 0.3 is 12.0 Å². The van der Waals surface area contributed by atoms with E-state index < -0.39 is 5.97 Å². The maximum atomic E-state index is 12.6. The minimum Gasteiger partial charge on any atom is -0.478 e. The van der Waals surface area contributed by atoms with Crippen molar-refractivity contribution in [2.45, 2.75) is 45.3 Å². The number of aromatic carboxylic acids is 1. The maximum absolute atomic E-state index is 12.6. The third-order valence-corrected chi connectivity index (χ3v) is 4.14. The Kier molecular flexibility index (Phi) is 3.57. The molecule has 1 fully saturated rings. The molecule has 112 valence electrons. The molecule has 1 aliphatic heterocycles. The first kappa shape index (κ1) is 13.9. The highest BCUT2D eigenvalue weighted by Gasteiger charge is 2.36. The van der Waals surface area contributed by atoms with Crippen LogP contribution >= 0.6 is 0 Å². The van der Waals surface area contributed by atoms with E-state index in [1.165, 1.54) is 0 Å². The van der Waals surface area contributed by atoms with E-state index >= 15 is 0 Å². The van der Waals surface area contributed by atoms with Crippen LogP contribution in [-0.4, -0.2) is 39.5 Å². The van der Waals surface area contributed by atoms with Gasteiger partial charge in [0.2, 0.25) is 0 Å². The molecule has 1 heterocycles. The van der Waals surface area contributed by atoms with Gasteiger partial charge in [0.15, 0.2) is 0 Å². The minimum atomic E-state index is -0.923. The largest absolute Gasteiger partial charge is 0.478 e. The molecule has 1 aromatic rings. The third-order valence-electron chi connectivity index (χ3n) is 4.14. The van der Waals surface area contributed by atoms with E-state index in [9.17, 15) is 9.59 Å². The molecule has 0 atom stereocenters. The van der Waals surface area contributed by atoms with Crippen LogP contribution in [0.2, 0.25) is 0 Å². The molecule has 2 amide bonds. The topological polar surface area (TPSA) is 60.9 Å². The van der Waals surface area contributed by atoms with Crippen molar-refractivity contribution in [1.82, 2.24) is 9.80 Å². The van der Waals surface area contributed by atoms with Crippen molar-refractivity contribution in [2.75, 3.05) is 6.54 Å². The highest BCUT2D eigenvalue weighted by atomic mass is 16.4. The fourth-order valence-corrected chi connectivity index (χ4v) is 2.91. The van der Waals surface area contributed by atoms with Crippen LogP contribution in [0.4, 0.5) is 4.79 Å². The maximum Gasteiger partial charge on any atom is 0.335 e. The second kappa shape index (κ2) is 5.39. The number of hydrogen-bond donors (Lipinski definition) is 1. The molecule has 0 radical (unpaired) electrons. The number of nitrogens with zero attached hydrogens (tertiary/aromatic N) is 2. The molecular formula is C16H20N2O3. The summed E-state index contributed by atoms with van der Waals surface area (Å²) < 4.78 is 0. The highest BCUT2D eigenvalue weighted by molar-refractivity contribution is 5.88. The number of carbonyl (C=O) groups excluding carboxylic acids is 1. The number of rotatable bonds is 4. The first-order chi connectivity index (χ1) is 10.1. The lowest BCUT2D eigenvalue weighted by molar-refractivity contribution is 0.0696. The molecule has 1 saturated carbocycles. The molecule has 0 aromatic heterocycles. The minimum absolute atomic E-state index is 0.0902. The lowest BCUT2D eigenvalue weighted by Gasteiger charge is -2.27. The van der Waals surface area contributed by atoms with Gasteiger partial charge in [-0.25, -0.2) is 9.59 Å². The van der Waals surface area contributed by atoms with Crippen molar-refractivity contribution in [3.05, 3.63) is 34.9 Å². The average molecular weight is 288 g/mol. The Morgan fingerprint density at radius 2 is 2.00 bits per heavy atom. The van der Waals surface area contributed by atoms with E-state index in [-0.39, 0.29) is 11.6 Å². The van der Waals surface area contributed by atoms with Crippen molar-refractivity contribution >= 4 is 12.0 Å². The fourth-order valence-electron chi connectivity index (χ4n) is 2.91. The van der Waals surface area contributed by atoms with Gasteiger partial charge in [-0.3, -0.25) is 0 Å². The number of carbonyl (C=O) groups is 2. The van der Waals surface area contributed by atoms with Crippen LogP contribution in [0, 0.1) is 0 Å². The van der Waals surface area contributed by atoms with Gasteiger partial charge in [-0.1, -0.05) is 13.0 Å². The standard InChI is InChI=1S/C16H20N2O3/c1-2-7-18(14-5-6-14)16(21)17-9-12-4-3-11(15(19)20)8-13(12)10-17/h3-4,8,14H,2,5-7,9-10H2,1H3,(H,19,20). The lowest BCUT2D eigenvalue weighted by Crippen LogP contribution is -2.42. The highest BCUT2D eigenvalue weighted by Crippen LogP contribution is 2.31. The van der Waals surface area contributed by atoms with Crippen molar-refractivity contribution < 1.29 is 14.7 Å². The summed E-state index contributed by atoms with van der Waals surface area (Å²) in [4.78, 5) is 27.5. The second-order valence-electron chi connectivity index (χ2n) is 5.85. The van der Waals surface area contributed by atoms with Crippen LogP contribution in [0.15, 0.2) is 18.2 Å². The van der Waals surface area contributed by atoms with Crippen LogP contribution in [0.5, 0.6) is 0 Å². The molecule has 5 heteroatoms. The smallest absolute Gasteiger partial charge is 0.335 e. The molecule has 3 rings (SSSR count). The normalized spacial score (nSPS) is 16.7. The Hall–Kier alpha value is -2.04. The van der Waals surface area contributed by atoms with Crippen molar-refractivity contribution in [3.8, 4) is 0 Å². The molecule has 0 spiro atoms. The molecule has 1 N–H and O–H groups in total. The molecule has 0 bridgehead atoms. The van der Waals surface area contributed by atoms with Crippen molar-refractivity contribution in [3.63, 3.8) is 0 Å². The van der Waals surface area contributed by atoms with E-state index in [0.717, 1.165) is 36.9 Å². The predicted molar refractivity (Wildman–Crippen MR) is 78.1 cm³/mol. The number of urea groups is 1. The van der Waals surface area contributed by atoms with Gasteiger partial charge in [-0.2, -0.15) is 0 Å². The number of amides is 2. The van der Waals surface area contributed by atoms with Crippen LogP contribution in [0.3, 0.4) is 0 Å². The van der Waals surface area contributed by atoms with Gasteiger partial charge in [-0.05, 0) is 42.5 Å². The van der Waals surface area contributed by atoms with Gasteiger partial charge in [0.05, 0.1) is 5.56 Å². The fraction of sp³-hybridized carbons (Fsp3) is 0.500. The Bertz CT molecular complexity index is 581. The monoisotopic (exact) mass is 288 g/mol. The SMILES string of the molecule is CCCN(C(=O)N1Cc2ccc(C(=O)O)cc2C1)C1CC1.